The maximum atomic E-state index is 13.7. The second-order valence-corrected chi connectivity index (χ2v) is 4.55. The van der Waals surface area contributed by atoms with Crippen LogP contribution in [0.15, 0.2) is 36.4 Å². The van der Waals surface area contributed by atoms with Crippen molar-refractivity contribution in [2.24, 2.45) is 0 Å². The van der Waals surface area contributed by atoms with E-state index in [4.69, 9.17) is 4.74 Å². The van der Waals surface area contributed by atoms with Crippen LogP contribution in [0.1, 0.15) is 22.8 Å². The molecule has 1 amide bonds. The molecule has 2 N–H and O–H groups in total. The average Bonchev–Trinajstić information content (AvgIpc) is 2.44. The van der Waals surface area contributed by atoms with E-state index < -0.39 is 11.7 Å². The molecule has 0 atom stereocenters. The van der Waals surface area contributed by atoms with Gasteiger partial charge in [0.25, 0.3) is 5.91 Å². The van der Waals surface area contributed by atoms with E-state index in [0.29, 0.717) is 12.3 Å². The molecule has 110 valence electrons. The number of amides is 1. The molecule has 0 aliphatic heterocycles. The lowest BCUT2D eigenvalue weighted by atomic mass is 10.1. The Morgan fingerprint density at radius 3 is 2.71 bits per heavy atom. The van der Waals surface area contributed by atoms with Crippen LogP contribution in [0.2, 0.25) is 0 Å². The van der Waals surface area contributed by atoms with Gasteiger partial charge in [-0.05, 0) is 38.1 Å². The third-order valence-corrected chi connectivity index (χ3v) is 2.89. The van der Waals surface area contributed by atoms with Gasteiger partial charge in [-0.2, -0.15) is 0 Å². The van der Waals surface area contributed by atoms with Crippen molar-refractivity contribution in [3.05, 3.63) is 53.3 Å². The Balaban J connectivity index is 2.19. The van der Waals surface area contributed by atoms with E-state index in [2.05, 4.69) is 5.32 Å². The van der Waals surface area contributed by atoms with E-state index in [9.17, 15) is 14.3 Å². The number of halogens is 1. The van der Waals surface area contributed by atoms with Gasteiger partial charge in [0.05, 0.1) is 12.2 Å². The second kappa shape index (κ2) is 6.26. The van der Waals surface area contributed by atoms with Crippen LogP contribution in [0.5, 0.6) is 11.5 Å². The van der Waals surface area contributed by atoms with Crippen molar-refractivity contribution in [1.29, 1.82) is 0 Å². The number of aromatic hydroxyl groups is 1. The van der Waals surface area contributed by atoms with Gasteiger partial charge in [0, 0.05) is 11.8 Å². The standard InChI is InChI=1S/C16H16FNO3/c1-3-21-15-7-5-11(9-13(15)17)18-16(20)12-8-10(2)4-6-14(12)19/h4-9,19H,3H2,1-2H3,(H,18,20). The molecule has 0 fully saturated rings. The highest BCUT2D eigenvalue weighted by Gasteiger charge is 2.13. The summed E-state index contributed by atoms with van der Waals surface area (Å²) in [7, 11) is 0. The molecular formula is C16H16FNO3. The van der Waals surface area contributed by atoms with Gasteiger partial charge in [0.1, 0.15) is 5.75 Å². The first-order valence-corrected chi connectivity index (χ1v) is 6.54. The van der Waals surface area contributed by atoms with Crippen LogP contribution in [0.3, 0.4) is 0 Å². The number of nitrogens with one attached hydrogen (secondary N) is 1. The molecule has 5 heteroatoms. The molecule has 0 aliphatic carbocycles. The topological polar surface area (TPSA) is 58.6 Å². The Hall–Kier alpha value is -2.56. The molecule has 0 radical (unpaired) electrons. The van der Waals surface area contributed by atoms with E-state index in [1.54, 1.807) is 25.1 Å². The Morgan fingerprint density at radius 1 is 1.29 bits per heavy atom. The van der Waals surface area contributed by atoms with Crippen LogP contribution < -0.4 is 10.1 Å². The van der Waals surface area contributed by atoms with Crippen LogP contribution in [-0.4, -0.2) is 17.6 Å². The summed E-state index contributed by atoms with van der Waals surface area (Å²) in [6, 6.07) is 8.88. The quantitative estimate of drug-likeness (QED) is 0.905. The fourth-order valence-electron chi connectivity index (χ4n) is 1.88. The van der Waals surface area contributed by atoms with E-state index >= 15 is 0 Å². The first kappa shape index (κ1) is 14.8. The maximum Gasteiger partial charge on any atom is 0.259 e. The van der Waals surface area contributed by atoms with E-state index in [1.807, 2.05) is 6.92 Å². The van der Waals surface area contributed by atoms with Crippen molar-refractivity contribution in [3.8, 4) is 11.5 Å². The summed E-state index contributed by atoms with van der Waals surface area (Å²) in [6.07, 6.45) is 0. The fraction of sp³-hybridized carbons (Fsp3) is 0.188. The van der Waals surface area contributed by atoms with E-state index in [0.717, 1.165) is 5.56 Å². The van der Waals surface area contributed by atoms with Crippen molar-refractivity contribution in [3.63, 3.8) is 0 Å². The third-order valence-electron chi connectivity index (χ3n) is 2.89. The van der Waals surface area contributed by atoms with Gasteiger partial charge in [-0.25, -0.2) is 4.39 Å². The minimum absolute atomic E-state index is 0.121. The smallest absolute Gasteiger partial charge is 0.259 e. The zero-order valence-electron chi connectivity index (χ0n) is 11.8. The van der Waals surface area contributed by atoms with Gasteiger partial charge >= 0.3 is 0 Å². The van der Waals surface area contributed by atoms with Gasteiger partial charge in [-0.15, -0.1) is 0 Å². The van der Waals surface area contributed by atoms with Crippen molar-refractivity contribution in [2.75, 3.05) is 11.9 Å². The lowest BCUT2D eigenvalue weighted by Gasteiger charge is -2.09. The summed E-state index contributed by atoms with van der Waals surface area (Å²) in [4.78, 5) is 12.1. The number of ether oxygens (including phenoxy) is 1. The van der Waals surface area contributed by atoms with Crippen molar-refractivity contribution in [2.45, 2.75) is 13.8 Å². The number of carbonyl (C=O) groups is 1. The number of benzene rings is 2. The van der Waals surface area contributed by atoms with Gasteiger partial charge < -0.3 is 15.2 Å². The Morgan fingerprint density at radius 2 is 2.05 bits per heavy atom. The van der Waals surface area contributed by atoms with Crippen molar-refractivity contribution >= 4 is 11.6 Å². The number of phenols is 1. The average molecular weight is 289 g/mol. The molecule has 2 rings (SSSR count). The third kappa shape index (κ3) is 3.51. The predicted molar refractivity (Wildman–Crippen MR) is 78.4 cm³/mol. The molecule has 21 heavy (non-hydrogen) atoms. The normalized spacial score (nSPS) is 10.2. The van der Waals surface area contributed by atoms with Gasteiger partial charge in [0.2, 0.25) is 0 Å². The number of hydrogen-bond donors (Lipinski definition) is 2. The summed E-state index contributed by atoms with van der Waals surface area (Å²) in [5.74, 6) is -1.04. The SMILES string of the molecule is CCOc1ccc(NC(=O)c2cc(C)ccc2O)cc1F. The molecule has 0 saturated heterocycles. The van der Waals surface area contributed by atoms with Gasteiger partial charge in [-0.1, -0.05) is 11.6 Å². The number of aryl methyl sites for hydroxylation is 1. The minimum atomic E-state index is -0.553. The lowest BCUT2D eigenvalue weighted by Crippen LogP contribution is -2.12. The van der Waals surface area contributed by atoms with E-state index in [-0.39, 0.29) is 17.1 Å². The molecule has 4 nitrogen and oxygen atoms in total. The summed E-state index contributed by atoms with van der Waals surface area (Å²) in [5, 5.41) is 12.2. The summed E-state index contributed by atoms with van der Waals surface area (Å²) < 4.78 is 18.8. The number of carbonyl (C=O) groups excluding carboxylic acids is 1. The molecule has 0 unspecified atom stereocenters. The first-order valence-electron chi connectivity index (χ1n) is 6.54. The van der Waals surface area contributed by atoms with Crippen LogP contribution in [0, 0.1) is 12.7 Å². The minimum Gasteiger partial charge on any atom is -0.507 e. The first-order chi connectivity index (χ1) is 10.0. The van der Waals surface area contributed by atoms with Gasteiger partial charge in [-0.3, -0.25) is 4.79 Å². The van der Waals surface area contributed by atoms with Crippen molar-refractivity contribution in [1.82, 2.24) is 0 Å². The predicted octanol–water partition coefficient (Wildman–Crippen LogP) is 3.49. The van der Waals surface area contributed by atoms with Crippen molar-refractivity contribution < 1.29 is 19.0 Å². The zero-order valence-corrected chi connectivity index (χ0v) is 11.8. The Kier molecular flexibility index (Phi) is 4.42. The number of rotatable bonds is 4. The van der Waals surface area contributed by atoms with Crippen LogP contribution in [0.25, 0.3) is 0 Å². The fourth-order valence-corrected chi connectivity index (χ4v) is 1.88. The van der Waals surface area contributed by atoms with Gasteiger partial charge in [0.15, 0.2) is 11.6 Å². The highest BCUT2D eigenvalue weighted by atomic mass is 19.1. The highest BCUT2D eigenvalue weighted by molar-refractivity contribution is 6.06. The number of hydrogen-bond acceptors (Lipinski definition) is 3. The van der Waals surface area contributed by atoms with Crippen LogP contribution in [0.4, 0.5) is 10.1 Å². The van der Waals surface area contributed by atoms with Crippen LogP contribution in [-0.2, 0) is 0 Å². The summed E-state index contributed by atoms with van der Waals surface area (Å²) in [6.45, 7) is 3.93. The molecular weight excluding hydrogens is 273 g/mol. The van der Waals surface area contributed by atoms with E-state index in [1.165, 1.54) is 18.2 Å². The molecule has 2 aromatic carbocycles. The summed E-state index contributed by atoms with van der Waals surface area (Å²) in [5.41, 5.74) is 1.28. The Bertz CT molecular complexity index is 671. The largest absolute Gasteiger partial charge is 0.507 e. The molecule has 0 bridgehead atoms. The molecule has 2 aromatic rings. The lowest BCUT2D eigenvalue weighted by molar-refractivity contribution is 0.102. The number of phenolic OH excluding ortho intramolecular Hbond substituents is 1. The second-order valence-electron chi connectivity index (χ2n) is 4.55. The molecule has 0 spiro atoms. The zero-order chi connectivity index (χ0) is 15.4. The maximum absolute atomic E-state index is 13.7. The molecule has 0 saturated carbocycles. The van der Waals surface area contributed by atoms with Crippen LogP contribution >= 0.6 is 0 Å². The monoisotopic (exact) mass is 289 g/mol. The molecule has 0 aliphatic rings. The molecule has 0 aromatic heterocycles. The molecule has 0 heterocycles. The highest BCUT2D eigenvalue weighted by Crippen LogP contribution is 2.23. The Labute approximate surface area is 122 Å². The summed E-state index contributed by atoms with van der Waals surface area (Å²) >= 11 is 0. The number of anilines is 1.